The zero-order chi connectivity index (χ0) is 25.0. The summed E-state index contributed by atoms with van der Waals surface area (Å²) < 4.78 is 0.430. The molecular weight excluding hydrogens is 472 g/mol. The summed E-state index contributed by atoms with van der Waals surface area (Å²) in [4.78, 5) is 41.7. The molecule has 0 amide bonds. The number of piperazine rings is 1. The van der Waals surface area contributed by atoms with Gasteiger partial charge in [-0.1, -0.05) is 30.3 Å². The Hall–Kier alpha value is -2.28. The molecule has 2 saturated heterocycles. The first kappa shape index (κ1) is 28.8. The summed E-state index contributed by atoms with van der Waals surface area (Å²) >= 11 is 4.30. The van der Waals surface area contributed by atoms with Crippen LogP contribution in [0.25, 0.3) is 0 Å². The largest absolute Gasteiger partial charge is 0.473 e. The van der Waals surface area contributed by atoms with Crippen molar-refractivity contribution in [2.24, 2.45) is 0 Å². The highest BCUT2D eigenvalue weighted by molar-refractivity contribution is 8.21. The normalized spacial score (nSPS) is 19.9. The Morgan fingerprint density at radius 2 is 1.30 bits per heavy atom. The Kier molecular flexibility index (Phi) is 12.3. The summed E-state index contributed by atoms with van der Waals surface area (Å²) in [7, 11) is 0. The smallest absolute Gasteiger partial charge is 0.414 e. The molecule has 1 aromatic rings. The number of rotatable bonds is 4. The van der Waals surface area contributed by atoms with Crippen LogP contribution in [0.3, 0.4) is 0 Å². The minimum Gasteiger partial charge on any atom is -0.473 e. The summed E-state index contributed by atoms with van der Waals surface area (Å²) in [5, 5.41) is 30.4. The number of hydrogen-bond donors (Lipinski definition) is 4. The van der Waals surface area contributed by atoms with E-state index in [-0.39, 0.29) is 0 Å². The molecule has 0 bridgehead atoms. The van der Waals surface area contributed by atoms with E-state index in [1.807, 2.05) is 0 Å². The van der Waals surface area contributed by atoms with E-state index in [0.717, 1.165) is 11.8 Å². The average Bonchev–Trinajstić information content (AvgIpc) is 3.09. The highest BCUT2D eigenvalue weighted by Crippen LogP contribution is 2.47. The van der Waals surface area contributed by atoms with Gasteiger partial charge in [-0.3, -0.25) is 9.80 Å². The molecule has 2 aliphatic rings. The minimum absolute atomic E-state index is 0.430. The van der Waals surface area contributed by atoms with Crippen molar-refractivity contribution in [3.05, 3.63) is 35.9 Å². The van der Waals surface area contributed by atoms with Gasteiger partial charge in [0.05, 0.1) is 4.08 Å². The van der Waals surface area contributed by atoms with Gasteiger partial charge in [-0.05, 0) is 19.4 Å². The van der Waals surface area contributed by atoms with Gasteiger partial charge in [-0.2, -0.15) is 0 Å². The van der Waals surface area contributed by atoms with Crippen LogP contribution in [-0.4, -0.2) is 102 Å². The van der Waals surface area contributed by atoms with Crippen LogP contribution in [0.2, 0.25) is 0 Å². The molecule has 12 heteroatoms. The molecule has 2 fully saturated rings. The van der Waals surface area contributed by atoms with Crippen molar-refractivity contribution < 1.29 is 39.6 Å². The zero-order valence-corrected chi connectivity index (χ0v) is 20.2. The minimum atomic E-state index is -1.82. The molecule has 1 aromatic carbocycles. The van der Waals surface area contributed by atoms with Crippen LogP contribution in [0, 0.1) is 0 Å². The Balaban J connectivity index is 0.000000377. The molecule has 33 heavy (non-hydrogen) atoms. The lowest BCUT2D eigenvalue weighted by Gasteiger charge is -2.35. The maximum absolute atomic E-state index is 9.10. The third-order valence-electron chi connectivity index (χ3n) is 4.61. The predicted octanol–water partition coefficient (Wildman–Crippen LogP) is 1.70. The lowest BCUT2D eigenvalue weighted by molar-refractivity contribution is -0.159. The molecule has 0 aromatic heterocycles. The van der Waals surface area contributed by atoms with Gasteiger partial charge in [-0.15, -0.1) is 23.5 Å². The van der Waals surface area contributed by atoms with Crippen molar-refractivity contribution in [3.8, 4) is 0 Å². The maximum Gasteiger partial charge on any atom is 0.414 e. The molecule has 2 aliphatic heterocycles. The molecule has 0 aliphatic carbocycles. The topological polar surface area (TPSA) is 156 Å². The van der Waals surface area contributed by atoms with Gasteiger partial charge in [0.25, 0.3) is 0 Å². The Labute approximate surface area is 200 Å². The zero-order valence-electron chi connectivity index (χ0n) is 18.5. The van der Waals surface area contributed by atoms with Crippen LogP contribution >= 0.6 is 23.5 Å². The number of carboxylic acids is 4. The predicted molar refractivity (Wildman–Crippen MR) is 127 cm³/mol. The Morgan fingerprint density at radius 1 is 0.848 bits per heavy atom. The molecule has 2 heterocycles. The molecule has 1 unspecified atom stereocenters. The van der Waals surface area contributed by atoms with Crippen molar-refractivity contribution >= 4 is 47.4 Å². The van der Waals surface area contributed by atoms with E-state index in [4.69, 9.17) is 39.6 Å². The summed E-state index contributed by atoms with van der Waals surface area (Å²) in [6.45, 7) is 12.0. The second-order valence-corrected chi connectivity index (χ2v) is 11.6. The van der Waals surface area contributed by atoms with E-state index in [1.165, 1.54) is 44.0 Å². The molecule has 0 saturated carbocycles. The van der Waals surface area contributed by atoms with Crippen LogP contribution in [0.5, 0.6) is 0 Å². The summed E-state index contributed by atoms with van der Waals surface area (Å²) in [6, 6.07) is 10.9. The molecule has 3 rings (SSSR count). The van der Waals surface area contributed by atoms with Crippen LogP contribution < -0.4 is 0 Å². The van der Waals surface area contributed by atoms with Crippen LogP contribution in [0.1, 0.15) is 19.4 Å². The number of benzene rings is 1. The van der Waals surface area contributed by atoms with Gasteiger partial charge >= 0.3 is 23.9 Å². The average molecular weight is 503 g/mol. The van der Waals surface area contributed by atoms with Crippen LogP contribution in [0.4, 0.5) is 0 Å². The fraction of sp³-hybridized carbons (Fsp3) is 0.524. The van der Waals surface area contributed by atoms with Crippen molar-refractivity contribution in [1.29, 1.82) is 0 Å². The number of aliphatic carboxylic acids is 4. The van der Waals surface area contributed by atoms with E-state index in [0.29, 0.717) is 4.08 Å². The number of carbonyl (C=O) groups is 4. The molecule has 0 radical (unpaired) electrons. The lowest BCUT2D eigenvalue weighted by Crippen LogP contribution is -2.47. The van der Waals surface area contributed by atoms with Gasteiger partial charge in [0.15, 0.2) is 0 Å². The SMILES string of the molecule is CC1(C)SCC(CN2CCN(Cc3ccccc3)CC2)S1.O=C(O)C(=O)O.O=C(O)C(=O)O. The van der Waals surface area contributed by atoms with Gasteiger partial charge < -0.3 is 20.4 Å². The Bertz CT molecular complexity index is 751. The fourth-order valence-electron chi connectivity index (χ4n) is 3.11. The van der Waals surface area contributed by atoms with Crippen molar-refractivity contribution in [3.63, 3.8) is 0 Å². The molecule has 0 spiro atoms. The summed E-state index contributed by atoms with van der Waals surface area (Å²) in [5.74, 6) is -5.97. The number of hydrogen-bond acceptors (Lipinski definition) is 8. The van der Waals surface area contributed by atoms with Crippen molar-refractivity contribution in [2.45, 2.75) is 29.7 Å². The first-order valence-electron chi connectivity index (χ1n) is 10.1. The highest BCUT2D eigenvalue weighted by atomic mass is 32.2. The standard InChI is InChI=1S/C17H26N2S2.2C2H2O4/c1-17(2)20-14-16(21-17)13-19-10-8-18(9-11-19)12-15-6-4-3-5-7-15;2*3-1(4)2(5)6/h3-7,16H,8-14H2,1-2H3;2*(H,3,4)(H,5,6). The van der Waals surface area contributed by atoms with Crippen LogP contribution in [0.15, 0.2) is 30.3 Å². The monoisotopic (exact) mass is 502 g/mol. The van der Waals surface area contributed by atoms with Crippen LogP contribution in [-0.2, 0) is 25.7 Å². The van der Waals surface area contributed by atoms with E-state index in [2.05, 4.69) is 77.5 Å². The summed E-state index contributed by atoms with van der Waals surface area (Å²) in [6.07, 6.45) is 0. The quantitative estimate of drug-likeness (QED) is 0.443. The van der Waals surface area contributed by atoms with Crippen molar-refractivity contribution in [1.82, 2.24) is 9.80 Å². The summed E-state index contributed by atoms with van der Waals surface area (Å²) in [5.41, 5.74) is 1.44. The van der Waals surface area contributed by atoms with Gasteiger partial charge in [-0.25, -0.2) is 19.2 Å². The third-order valence-corrected chi connectivity index (χ3v) is 7.94. The first-order chi connectivity index (χ1) is 15.4. The molecule has 1 atom stereocenters. The molecule has 184 valence electrons. The van der Waals surface area contributed by atoms with Crippen molar-refractivity contribution in [2.75, 3.05) is 38.5 Å². The number of carboxylic acid groups (broad SMARTS) is 4. The van der Waals surface area contributed by atoms with E-state index in [1.54, 1.807) is 0 Å². The number of thioether (sulfide) groups is 2. The third kappa shape index (κ3) is 12.5. The van der Waals surface area contributed by atoms with E-state index < -0.39 is 23.9 Å². The lowest BCUT2D eigenvalue weighted by atomic mass is 10.2. The van der Waals surface area contributed by atoms with Gasteiger partial charge in [0.1, 0.15) is 0 Å². The van der Waals surface area contributed by atoms with E-state index >= 15 is 0 Å². The molecule has 10 nitrogen and oxygen atoms in total. The Morgan fingerprint density at radius 3 is 1.70 bits per heavy atom. The fourth-order valence-corrected chi connectivity index (χ4v) is 6.25. The highest BCUT2D eigenvalue weighted by Gasteiger charge is 2.33. The first-order valence-corrected chi connectivity index (χ1v) is 12.0. The maximum atomic E-state index is 9.10. The van der Waals surface area contributed by atoms with E-state index in [9.17, 15) is 0 Å². The molecule has 4 N–H and O–H groups in total. The van der Waals surface area contributed by atoms with Gasteiger partial charge in [0, 0.05) is 50.3 Å². The second kappa shape index (κ2) is 14.1. The van der Waals surface area contributed by atoms with Gasteiger partial charge in [0.2, 0.25) is 0 Å². The molecular formula is C21H30N2O8S2. The number of nitrogens with zero attached hydrogens (tertiary/aromatic N) is 2. The second-order valence-electron chi connectivity index (χ2n) is 7.73.